The van der Waals surface area contributed by atoms with Crippen molar-refractivity contribution in [2.75, 3.05) is 11.5 Å². The fourth-order valence-corrected chi connectivity index (χ4v) is 17.8. The van der Waals surface area contributed by atoms with Gasteiger partial charge in [-0.2, -0.15) is 0 Å². The van der Waals surface area contributed by atoms with Gasteiger partial charge in [-0.15, -0.1) is 23.5 Å². The molecule has 0 amide bonds. The third kappa shape index (κ3) is 9.73. The normalized spacial score (nSPS) is 20.7. The smallest absolute Gasteiger partial charge is 0.0708 e. The van der Waals surface area contributed by atoms with Crippen molar-refractivity contribution in [2.45, 2.75) is 92.9 Å². The minimum atomic E-state index is 1.27. The predicted molar refractivity (Wildman–Crippen MR) is 199 cm³/mol. The van der Waals surface area contributed by atoms with E-state index in [4.69, 9.17) is 0 Å². The summed E-state index contributed by atoms with van der Waals surface area (Å²) in [5.74, 6) is 2.54. The van der Waals surface area contributed by atoms with Crippen LogP contribution in [0.5, 0.6) is 0 Å². The average molecular weight is 695 g/mol. The zero-order valence-corrected chi connectivity index (χ0v) is 31.3. The van der Waals surface area contributed by atoms with Gasteiger partial charge in [0.05, 0.1) is 25.4 Å². The van der Waals surface area contributed by atoms with E-state index >= 15 is 0 Å². The van der Waals surface area contributed by atoms with Crippen molar-refractivity contribution < 1.29 is 0 Å². The second-order valence-electron chi connectivity index (χ2n) is 9.40. The maximum Gasteiger partial charge on any atom is 0.0708 e. The van der Waals surface area contributed by atoms with Gasteiger partial charge in [0.2, 0.25) is 0 Å². The molecule has 4 rings (SSSR count). The third-order valence-corrected chi connectivity index (χ3v) is 21.0. The molecule has 0 unspecified atom stereocenters. The van der Waals surface area contributed by atoms with Crippen LogP contribution in [0.25, 0.3) is 0 Å². The number of rotatable bonds is 13. The summed E-state index contributed by atoms with van der Waals surface area (Å²) in [6.07, 6.45) is 11.1. The molecule has 0 aliphatic carbocycles. The molecule has 10 heteroatoms. The van der Waals surface area contributed by atoms with Crippen molar-refractivity contribution >= 4 is 118 Å². The van der Waals surface area contributed by atoms with Gasteiger partial charge >= 0.3 is 0 Å². The first kappa shape index (κ1) is 32.8. The van der Waals surface area contributed by atoms with Crippen LogP contribution in [0.1, 0.15) is 92.9 Å². The quantitative estimate of drug-likeness (QED) is 0.170. The van der Waals surface area contributed by atoms with Crippen LogP contribution >= 0.6 is 118 Å². The molecule has 0 spiro atoms. The molecule has 0 saturated heterocycles. The van der Waals surface area contributed by atoms with E-state index in [-0.39, 0.29) is 0 Å². The molecular weight excluding hydrogens is 657 g/mol. The largest absolute Gasteiger partial charge is 0.118 e. The summed E-state index contributed by atoms with van der Waals surface area (Å²) in [6, 6.07) is 0. The highest BCUT2D eigenvalue weighted by Crippen LogP contribution is 2.62. The van der Waals surface area contributed by atoms with Gasteiger partial charge in [-0.3, -0.25) is 0 Å². The van der Waals surface area contributed by atoms with Gasteiger partial charge in [0.15, 0.2) is 0 Å². The van der Waals surface area contributed by atoms with Crippen molar-refractivity contribution in [3.63, 3.8) is 0 Å². The minimum absolute atomic E-state index is 1.27. The Balaban J connectivity index is 0.978. The van der Waals surface area contributed by atoms with Gasteiger partial charge in [-0.1, -0.05) is 133 Å². The first-order valence-corrected chi connectivity index (χ1v) is 21.8. The summed E-state index contributed by atoms with van der Waals surface area (Å²) >= 11 is 20.1. The molecule has 0 radical (unpaired) electrons. The van der Waals surface area contributed by atoms with Crippen molar-refractivity contribution in [3.05, 3.63) is 54.9 Å². The summed E-state index contributed by atoms with van der Waals surface area (Å²) < 4.78 is 9.11. The van der Waals surface area contributed by atoms with Crippen LogP contribution in [-0.2, 0) is 0 Å². The lowest BCUT2D eigenvalue weighted by Crippen LogP contribution is -1.85. The van der Waals surface area contributed by atoms with Crippen molar-refractivity contribution in [1.82, 2.24) is 0 Å². The van der Waals surface area contributed by atoms with Crippen LogP contribution in [-0.4, -0.2) is 11.5 Å². The van der Waals surface area contributed by atoms with E-state index in [1.54, 1.807) is 8.47 Å². The molecule has 0 aromatic carbocycles. The SMILES string of the molecule is CC1=C(C)SC(=C2SC(C)=C(SCCCCCCCCCCSC3=C(C)SC(=C4SC(C)=C(C)S4)S3)S2)S1. The van der Waals surface area contributed by atoms with Gasteiger partial charge in [0.1, 0.15) is 0 Å². The number of allylic oxidation sites excluding steroid dienone is 6. The Morgan fingerprint density at radius 2 is 0.605 bits per heavy atom. The van der Waals surface area contributed by atoms with Crippen LogP contribution in [0.3, 0.4) is 0 Å². The molecule has 4 aliphatic heterocycles. The minimum Gasteiger partial charge on any atom is -0.118 e. The van der Waals surface area contributed by atoms with Gasteiger partial charge < -0.3 is 0 Å². The fraction of sp³-hybridized carbons (Fsp3) is 0.571. The second-order valence-corrected chi connectivity index (χ2v) is 22.6. The Labute approximate surface area is 274 Å². The molecule has 0 saturated carbocycles. The van der Waals surface area contributed by atoms with Crippen LogP contribution in [0, 0.1) is 0 Å². The Morgan fingerprint density at radius 3 is 0.947 bits per heavy atom. The van der Waals surface area contributed by atoms with E-state index in [1.807, 2.05) is 94.1 Å². The highest BCUT2D eigenvalue weighted by atomic mass is 32.2. The summed E-state index contributed by atoms with van der Waals surface area (Å²) in [7, 11) is 0. The molecule has 0 bridgehead atoms. The molecule has 0 aromatic rings. The Kier molecular flexibility index (Phi) is 14.4. The van der Waals surface area contributed by atoms with E-state index in [9.17, 15) is 0 Å². The van der Waals surface area contributed by atoms with E-state index in [2.05, 4.69) is 65.1 Å². The highest BCUT2D eigenvalue weighted by molar-refractivity contribution is 8.39. The van der Waals surface area contributed by atoms with Gasteiger partial charge in [0, 0.05) is 9.81 Å². The van der Waals surface area contributed by atoms with Crippen molar-refractivity contribution in [3.8, 4) is 0 Å². The van der Waals surface area contributed by atoms with Crippen LogP contribution in [0.4, 0.5) is 0 Å². The lowest BCUT2D eigenvalue weighted by molar-refractivity contribution is 0.588. The molecule has 0 atom stereocenters. The Bertz CT molecular complexity index is 971. The van der Waals surface area contributed by atoms with Gasteiger partial charge in [-0.25, -0.2) is 0 Å². The van der Waals surface area contributed by atoms with Gasteiger partial charge in [0.25, 0.3) is 0 Å². The maximum absolute atomic E-state index is 2.30. The van der Waals surface area contributed by atoms with E-state index in [0.29, 0.717) is 0 Å². The first-order chi connectivity index (χ1) is 18.3. The molecular formula is C28H38S10. The predicted octanol–water partition coefficient (Wildman–Crippen LogP) is 14.6. The Hall–Kier alpha value is 1.94. The van der Waals surface area contributed by atoms with Gasteiger partial charge in [-0.05, 0) is 85.5 Å². The summed E-state index contributed by atoms with van der Waals surface area (Å²) in [5.41, 5.74) is 0. The topological polar surface area (TPSA) is 0 Å². The molecule has 4 heterocycles. The van der Waals surface area contributed by atoms with Crippen LogP contribution in [0.15, 0.2) is 54.9 Å². The number of hydrogen-bond acceptors (Lipinski definition) is 10. The summed E-state index contributed by atoms with van der Waals surface area (Å²) in [4.78, 5) is 8.90. The Morgan fingerprint density at radius 1 is 0.342 bits per heavy atom. The molecule has 0 N–H and O–H groups in total. The standard InChI is InChI=1S/C28H38S10/c1-17-18(2)32-25(31-17)27-35-21(5)23(37-27)29-15-13-11-9-7-8-10-12-14-16-30-24-22(6)36-28(38-24)26-33-19(3)20(4)34-26/h7-16H2,1-6H3. The zero-order valence-electron chi connectivity index (χ0n) is 23.2. The van der Waals surface area contributed by atoms with E-state index in [1.165, 1.54) is 109 Å². The first-order valence-electron chi connectivity index (χ1n) is 13.3. The van der Waals surface area contributed by atoms with E-state index in [0.717, 1.165) is 0 Å². The maximum atomic E-state index is 2.30. The fourth-order valence-electron chi connectivity index (χ4n) is 3.79. The number of thioether (sulfide) groups is 10. The van der Waals surface area contributed by atoms with Crippen molar-refractivity contribution in [2.24, 2.45) is 0 Å². The molecule has 0 nitrogen and oxygen atoms in total. The molecule has 210 valence electrons. The number of hydrogen-bond donors (Lipinski definition) is 0. The zero-order chi connectivity index (χ0) is 27.1. The second kappa shape index (κ2) is 16.7. The van der Waals surface area contributed by atoms with Crippen LogP contribution in [0.2, 0.25) is 0 Å². The lowest BCUT2D eigenvalue weighted by Gasteiger charge is -2.05. The molecule has 38 heavy (non-hydrogen) atoms. The summed E-state index contributed by atoms with van der Waals surface area (Å²) in [6.45, 7) is 13.6. The average Bonchev–Trinajstić information content (AvgIpc) is 3.62. The molecule has 0 aromatic heterocycles. The molecule has 0 fully saturated rings. The van der Waals surface area contributed by atoms with E-state index < -0.39 is 0 Å². The van der Waals surface area contributed by atoms with Crippen molar-refractivity contribution in [1.29, 1.82) is 0 Å². The van der Waals surface area contributed by atoms with Crippen LogP contribution < -0.4 is 0 Å². The summed E-state index contributed by atoms with van der Waals surface area (Å²) in [5, 5.41) is 0. The number of unbranched alkanes of at least 4 members (excludes halogenated alkanes) is 7. The monoisotopic (exact) mass is 694 g/mol. The highest BCUT2D eigenvalue weighted by Gasteiger charge is 2.27. The third-order valence-electron chi connectivity index (χ3n) is 6.25. The lowest BCUT2D eigenvalue weighted by atomic mass is 10.1. The molecule has 4 aliphatic rings.